The van der Waals surface area contributed by atoms with Crippen molar-refractivity contribution in [2.45, 2.75) is 155 Å². The number of anilines is 4. The van der Waals surface area contributed by atoms with E-state index in [9.17, 15) is 8.78 Å². The van der Waals surface area contributed by atoms with E-state index in [1.165, 1.54) is 85.2 Å². The first-order valence-corrected chi connectivity index (χ1v) is 34.3. The fourth-order valence-electron chi connectivity index (χ4n) is 13.6. The summed E-state index contributed by atoms with van der Waals surface area (Å²) in [7, 11) is 1.66. The van der Waals surface area contributed by atoms with Crippen LogP contribution in [0, 0.1) is 46.1 Å². The van der Waals surface area contributed by atoms with E-state index >= 15 is 0 Å². The van der Waals surface area contributed by atoms with E-state index in [-0.39, 0.29) is 76.5 Å². The van der Waals surface area contributed by atoms with Crippen LogP contribution < -0.4 is 64.9 Å². The molecule has 4 heterocycles. The van der Waals surface area contributed by atoms with Gasteiger partial charge in [-0.1, -0.05) is 140 Å². The van der Waals surface area contributed by atoms with Crippen molar-refractivity contribution in [3.05, 3.63) is 246 Å². The second kappa shape index (κ2) is 35.4. The Morgan fingerprint density at radius 3 is 1.50 bits per heavy atom. The quantitative estimate of drug-likeness (QED) is 0.0847. The molecule has 4 aliphatic heterocycles. The Kier molecular flexibility index (Phi) is 29.6. The smallest absolute Gasteiger partial charge is 0.512 e. The van der Waals surface area contributed by atoms with Gasteiger partial charge in [0.25, 0.3) is 0 Å². The fraction of sp³-hybridized carbons (Fsp3) is 0.329. The fourth-order valence-corrected chi connectivity index (χ4v) is 14.6. The van der Waals surface area contributed by atoms with Crippen molar-refractivity contribution in [2.75, 3.05) is 34.7 Å². The predicted molar refractivity (Wildman–Crippen MR) is 404 cm³/mol. The van der Waals surface area contributed by atoms with E-state index in [4.69, 9.17) is 41.9 Å². The Labute approximate surface area is 630 Å². The van der Waals surface area contributed by atoms with E-state index in [2.05, 4.69) is 248 Å². The third-order valence-corrected chi connectivity index (χ3v) is 19.4. The molecule has 0 saturated heterocycles. The van der Waals surface area contributed by atoms with Crippen molar-refractivity contribution in [2.24, 2.45) is 0 Å². The molecule has 0 saturated carbocycles. The first kappa shape index (κ1) is 81.8. The molecule has 3 unspecified atom stereocenters. The van der Waals surface area contributed by atoms with Crippen molar-refractivity contribution in [3.8, 4) is 34.8 Å². The number of ether oxygens (including phenoxy) is 2. The van der Waals surface area contributed by atoms with Crippen LogP contribution >= 0.6 is 47.8 Å². The van der Waals surface area contributed by atoms with Gasteiger partial charge in [0.15, 0.2) is 0 Å². The molecule has 0 fully saturated rings. The van der Waals surface area contributed by atoms with Crippen LogP contribution in [0.1, 0.15) is 147 Å². The van der Waals surface area contributed by atoms with Gasteiger partial charge < -0.3 is 51.8 Å². The summed E-state index contributed by atoms with van der Waals surface area (Å²) in [5, 5.41) is 48.0. The molecule has 0 aliphatic carbocycles. The second-order valence-electron chi connectivity index (χ2n) is 27.5. The molecule has 4 aliphatic rings. The van der Waals surface area contributed by atoms with Gasteiger partial charge in [-0.2, -0.15) is 10.5 Å². The molecule has 0 amide bonds. The molecule has 11 nitrogen and oxygen atoms in total. The summed E-state index contributed by atoms with van der Waals surface area (Å²) in [6.45, 7) is 33.8. The largest absolute Gasteiger partial charge is 1.00 e. The average Bonchev–Trinajstić information content (AvgIpc) is 0.777. The van der Waals surface area contributed by atoms with Gasteiger partial charge in [-0.25, -0.2) is 8.78 Å². The van der Waals surface area contributed by atoms with Crippen molar-refractivity contribution < 1.29 is 57.9 Å². The molecule has 19 heteroatoms. The number of methoxy groups -OCH3 is 2. The van der Waals surface area contributed by atoms with Gasteiger partial charge in [0.05, 0.1) is 37.5 Å². The Morgan fingerprint density at radius 2 is 0.990 bits per heavy atom. The average molecular weight is 1520 g/mol. The van der Waals surface area contributed by atoms with Gasteiger partial charge >= 0.3 is 36.7 Å². The van der Waals surface area contributed by atoms with Crippen LogP contribution in [0.5, 0.6) is 11.5 Å². The molecular weight excluding hydrogens is 1430 g/mol. The summed E-state index contributed by atoms with van der Waals surface area (Å²) in [5.41, 5.74) is 17.1. The molecule has 0 bridgehead atoms. The Bertz CT molecular complexity index is 4180. The van der Waals surface area contributed by atoms with E-state index < -0.39 is 12.9 Å². The van der Waals surface area contributed by atoms with E-state index in [1.54, 1.807) is 26.4 Å². The first-order valence-electron chi connectivity index (χ1n) is 31.9. The third-order valence-electron chi connectivity index (χ3n) is 17.9. The topological polar surface area (TPSA) is 161 Å². The molecule has 0 aromatic heterocycles. The number of nitriles is 2. The van der Waals surface area contributed by atoms with Crippen LogP contribution in [0.2, 0.25) is 0 Å². The summed E-state index contributed by atoms with van der Waals surface area (Å²) < 4.78 is 40.2. The van der Waals surface area contributed by atoms with Crippen LogP contribution in [-0.4, -0.2) is 57.9 Å². The van der Waals surface area contributed by atoms with Gasteiger partial charge in [-0.05, 0) is 241 Å². The molecular formula is C79H86B2Br3F2N7NaO4. The monoisotopic (exact) mass is 1520 g/mol. The maximum Gasteiger partial charge on any atom is 1.00 e. The molecule has 0 spiro atoms. The Morgan fingerprint density at radius 1 is 0.551 bits per heavy atom. The van der Waals surface area contributed by atoms with Gasteiger partial charge in [-0.15, -0.1) is 0 Å². The molecule has 503 valence electrons. The minimum Gasteiger partial charge on any atom is -0.512 e. The number of halogens is 5. The number of allylic oxidation sites excluding steroid dienone is 2. The Hall–Kier alpha value is -6.88. The van der Waals surface area contributed by atoms with Crippen LogP contribution in [-0.2, 0) is 34.7 Å². The standard InChI is InChI=1S/C20H24BrNO.C20H22BrNO.C19H19FN2.C12H16BrN.C7H5BFNO2.CN.B.Na/c2*1-14-12-20(2,3)18-11-16(21)7-10-19(18)22(14)13-15-5-8-17(23-4)9-6-15;1-12-10-19(2,3)17-9-14(4-5-18(17)22-12)15-6-13(11-21)7-16(20)8-15;1-8-7-12(2,3)10-6-9(13)4-5-11(10)14-8;9-7-2-5(4-10)1-6(3-7)8(11)12;1-2;;/h5-11,14H,12-13H2,1-4H3;5-12H,13H2,1-4H3;4-9,12,22H,10H2,1-3H3;4-6,8,14H,7H2,1-3H3;1-3,11-12H;;;/q;;;;;-1;;+1. The van der Waals surface area contributed by atoms with E-state index in [0.29, 0.717) is 23.7 Å². The minimum atomic E-state index is -1.74. The molecule has 8 aromatic carbocycles. The summed E-state index contributed by atoms with van der Waals surface area (Å²) in [6.07, 6.45) is 5.75. The summed E-state index contributed by atoms with van der Waals surface area (Å²) in [6, 6.07) is 55.5. The molecule has 4 N–H and O–H groups in total. The van der Waals surface area contributed by atoms with E-state index in [1.807, 2.05) is 36.4 Å². The zero-order chi connectivity index (χ0) is 70.6. The zero-order valence-electron chi connectivity index (χ0n) is 58.8. The first-order chi connectivity index (χ1) is 45.3. The Balaban J connectivity index is 0.000000223. The molecule has 3 radical (unpaired) electrons. The SMILES string of the molecule is CC1CC(C)(C)c2cc(-c3cc(F)cc(C#N)c3)ccc2N1.CC1CC(C)(C)c2cc(Br)ccc2N1.COc1ccc(CN2C(C)=CC(C)(C)c3cc(Br)ccc32)cc1.COc1ccc(CN2c3ccc(Br)cc3C(C)(C)CC2C)cc1.N#Cc1cc(F)cc(B(O)O)c1.[B].[C-]#N.[Na+]. The van der Waals surface area contributed by atoms with Crippen molar-refractivity contribution in [1.82, 2.24) is 0 Å². The number of benzene rings is 8. The number of fused-ring (bicyclic) bond motifs is 4. The summed E-state index contributed by atoms with van der Waals surface area (Å²) in [4.78, 5) is 4.91. The van der Waals surface area contributed by atoms with Crippen LogP contribution in [0.25, 0.3) is 11.1 Å². The van der Waals surface area contributed by atoms with Gasteiger partial charge in [-0.3, -0.25) is 0 Å². The maximum atomic E-state index is 13.7. The van der Waals surface area contributed by atoms with Crippen molar-refractivity contribution in [1.29, 1.82) is 15.8 Å². The number of nitrogens with one attached hydrogen (secondary N) is 2. The summed E-state index contributed by atoms with van der Waals surface area (Å²) >= 11 is 10.8. The molecule has 98 heavy (non-hydrogen) atoms. The molecule has 8 aromatic rings. The third kappa shape index (κ3) is 21.1. The second-order valence-corrected chi connectivity index (χ2v) is 30.2. The zero-order valence-corrected chi connectivity index (χ0v) is 65.6. The predicted octanol–water partition coefficient (Wildman–Crippen LogP) is 16.1. The van der Waals surface area contributed by atoms with Crippen LogP contribution in [0.3, 0.4) is 0 Å². The minimum absolute atomic E-state index is 0. The van der Waals surface area contributed by atoms with Gasteiger partial charge in [0.2, 0.25) is 0 Å². The molecule has 12 rings (SSSR count). The van der Waals surface area contributed by atoms with E-state index in [0.717, 1.165) is 75.3 Å². The van der Waals surface area contributed by atoms with Crippen LogP contribution in [0.4, 0.5) is 31.5 Å². The normalized spacial score (nSPS) is 17.1. The number of hydrogen-bond acceptors (Lipinski definition) is 11. The molecule has 3 atom stereocenters. The van der Waals surface area contributed by atoms with Gasteiger partial charge in [0, 0.05) is 86.9 Å². The maximum absolute atomic E-state index is 13.7. The summed E-state index contributed by atoms with van der Waals surface area (Å²) in [5.74, 6) is 0.769. The number of hydrogen-bond donors (Lipinski definition) is 4. The van der Waals surface area contributed by atoms with Crippen LogP contribution in [0.15, 0.2) is 183 Å². The number of nitrogens with zero attached hydrogens (tertiary/aromatic N) is 5. The van der Waals surface area contributed by atoms with Crippen molar-refractivity contribution >= 4 is 91.5 Å². The number of rotatable bonds is 8. The van der Waals surface area contributed by atoms with Crippen molar-refractivity contribution in [3.63, 3.8) is 0 Å². The van der Waals surface area contributed by atoms with Gasteiger partial charge in [0.1, 0.15) is 23.1 Å².